The fraction of sp³-hybridized carbons (Fsp3) is 0. The zero-order valence-electron chi connectivity index (χ0n) is 3.00. The second-order valence-corrected chi connectivity index (χ2v) is 0.907. The molecule has 0 atom stereocenters. The summed E-state index contributed by atoms with van der Waals surface area (Å²) in [5.74, 6) is 0. The predicted molar refractivity (Wildman–Crippen MR) is 25.9 cm³/mol. The number of hydrogen-bond acceptors (Lipinski definition) is 1. The van der Waals surface area contributed by atoms with Gasteiger partial charge in [0, 0.05) is 6.20 Å². The van der Waals surface area contributed by atoms with Crippen molar-refractivity contribution in [3.05, 3.63) is 18.7 Å². The van der Waals surface area contributed by atoms with Crippen LogP contribution in [0.2, 0.25) is 0 Å². The van der Waals surface area contributed by atoms with Gasteiger partial charge in [-0.3, -0.25) is 0 Å². The van der Waals surface area contributed by atoms with Crippen LogP contribution in [0.25, 0.3) is 0 Å². The van der Waals surface area contributed by atoms with Crippen LogP contribution in [0.4, 0.5) is 4.48 Å². The first-order valence-corrected chi connectivity index (χ1v) is 1.54. The third-order valence-corrected chi connectivity index (χ3v) is 0.472. The topological polar surface area (TPSA) is 17.8 Å². The number of hydrogen-bond donors (Lipinski definition) is 0. The van der Waals surface area contributed by atoms with Gasteiger partial charge in [0.25, 0.3) is 0 Å². The van der Waals surface area contributed by atoms with Crippen LogP contribution in [0.1, 0.15) is 0 Å². The zero-order valence-corrected chi connectivity index (χ0v) is 3.00. The molecule has 0 unspecified atom stereocenters. The number of halogens is 1. The monoisotopic (exact) mass is 94.1 g/mol. The molecule has 4 heteroatoms. The van der Waals surface area contributed by atoms with Crippen LogP contribution < -0.4 is 0 Å². The number of rotatable bonds is 0. The molecule has 34 valence electrons. The maximum atomic E-state index is 11.5. The van der Waals surface area contributed by atoms with Gasteiger partial charge in [-0.2, -0.15) is 4.79 Å². The molecule has 0 aromatic carbocycles. The van der Waals surface area contributed by atoms with Crippen molar-refractivity contribution < 1.29 is 4.48 Å². The van der Waals surface area contributed by atoms with Crippen LogP contribution in [0.3, 0.4) is 0 Å². The molecule has 0 aliphatic rings. The van der Waals surface area contributed by atoms with E-state index in [-0.39, 0.29) is 18.9 Å². The van der Waals surface area contributed by atoms with Gasteiger partial charge in [-0.15, -0.1) is 0 Å². The Balaban J connectivity index is 0.000000360. The Bertz CT molecular complexity index is 116. The van der Waals surface area contributed by atoms with E-state index in [0.717, 1.165) is 6.33 Å². The molecule has 2 nitrogen and oxygen atoms in total. The molecule has 1 aromatic heterocycles. The van der Waals surface area contributed by atoms with Gasteiger partial charge < -0.3 is 0 Å². The minimum atomic E-state index is 0. The number of imidazole rings is 1. The second-order valence-electron chi connectivity index (χ2n) is 0.907. The molecule has 0 saturated carbocycles. The quantitative estimate of drug-likeness (QED) is 0.412. The summed E-state index contributed by atoms with van der Waals surface area (Å²) in [6, 6.07) is 0. The first-order chi connectivity index (χ1) is 2.89. The Hall–Kier alpha value is -0.263. The van der Waals surface area contributed by atoms with E-state index >= 15 is 0 Å². The molecule has 0 aliphatic carbocycles. The molecular weight excluding hydrogens is 90.0 g/mol. The van der Waals surface area contributed by atoms with Crippen molar-refractivity contribution in [2.24, 2.45) is 0 Å². The van der Waals surface area contributed by atoms with E-state index in [4.69, 9.17) is 0 Å². The Morgan fingerprint density at radius 3 is 2.43 bits per heavy atom. The summed E-state index contributed by atoms with van der Waals surface area (Å²) in [5, 5.41) is 0. The van der Waals surface area contributed by atoms with Gasteiger partial charge in [0.05, 0.1) is 6.20 Å². The fourth-order valence-corrected chi connectivity index (χ4v) is 0.243. The Morgan fingerprint density at radius 2 is 2.29 bits per heavy atom. The molecule has 0 fully saturated rings. The Morgan fingerprint density at radius 1 is 1.57 bits per heavy atom. The van der Waals surface area contributed by atoms with Crippen molar-refractivity contribution in [1.82, 2.24) is 9.77 Å². The first-order valence-electron chi connectivity index (χ1n) is 1.54. The van der Waals surface area contributed by atoms with E-state index in [9.17, 15) is 4.48 Å². The standard InChI is InChI=1S/C3H3FN2.Li.H/c4-6-2-1-5-3-6;;/h1-3H;;. The van der Waals surface area contributed by atoms with Crippen molar-refractivity contribution in [3.8, 4) is 0 Å². The molecule has 7 heavy (non-hydrogen) atoms. The zero-order chi connectivity index (χ0) is 4.41. The summed E-state index contributed by atoms with van der Waals surface area (Å²) < 4.78 is 11.5. The van der Waals surface area contributed by atoms with Crippen LogP contribution in [0.15, 0.2) is 18.7 Å². The molecule has 0 N–H and O–H groups in total. The van der Waals surface area contributed by atoms with Crippen LogP contribution in [-0.4, -0.2) is 28.6 Å². The van der Waals surface area contributed by atoms with E-state index in [1.54, 1.807) is 0 Å². The molecule has 1 heterocycles. The van der Waals surface area contributed by atoms with E-state index in [1.165, 1.54) is 12.4 Å². The maximum absolute atomic E-state index is 11.5. The van der Waals surface area contributed by atoms with Crippen LogP contribution in [-0.2, 0) is 0 Å². The van der Waals surface area contributed by atoms with Crippen molar-refractivity contribution in [1.29, 1.82) is 0 Å². The van der Waals surface area contributed by atoms with E-state index in [0.29, 0.717) is 4.79 Å². The van der Waals surface area contributed by atoms with Gasteiger partial charge in [-0.05, 0) is 0 Å². The van der Waals surface area contributed by atoms with Crippen molar-refractivity contribution >= 4 is 18.9 Å². The van der Waals surface area contributed by atoms with Crippen LogP contribution in [0.5, 0.6) is 0 Å². The summed E-state index contributed by atoms with van der Waals surface area (Å²) in [5.41, 5.74) is 0. The summed E-state index contributed by atoms with van der Waals surface area (Å²) >= 11 is 0. The van der Waals surface area contributed by atoms with Gasteiger partial charge in [0.2, 0.25) is 0 Å². The summed E-state index contributed by atoms with van der Waals surface area (Å²) in [6.45, 7) is 0. The van der Waals surface area contributed by atoms with Crippen LogP contribution in [0, 0.1) is 0 Å². The average molecular weight is 94.0 g/mol. The Labute approximate surface area is 52.5 Å². The van der Waals surface area contributed by atoms with Crippen molar-refractivity contribution in [2.45, 2.75) is 0 Å². The van der Waals surface area contributed by atoms with E-state index < -0.39 is 0 Å². The Kier molecular flexibility index (Phi) is 2.73. The third kappa shape index (κ3) is 1.77. The molecule has 0 radical (unpaired) electrons. The van der Waals surface area contributed by atoms with E-state index in [1.807, 2.05) is 0 Å². The van der Waals surface area contributed by atoms with Gasteiger partial charge >= 0.3 is 18.9 Å². The summed E-state index contributed by atoms with van der Waals surface area (Å²) in [7, 11) is 0. The average Bonchev–Trinajstić information content (AvgIpc) is 1.86. The van der Waals surface area contributed by atoms with E-state index in [2.05, 4.69) is 4.98 Å². The van der Waals surface area contributed by atoms with Crippen LogP contribution >= 0.6 is 0 Å². The molecule has 0 aliphatic heterocycles. The molecule has 0 spiro atoms. The van der Waals surface area contributed by atoms with Gasteiger partial charge in [-0.1, -0.05) is 4.48 Å². The van der Waals surface area contributed by atoms with Crippen molar-refractivity contribution in [3.63, 3.8) is 0 Å². The molecule has 0 amide bonds. The fourth-order valence-electron chi connectivity index (χ4n) is 0.243. The summed E-state index contributed by atoms with van der Waals surface area (Å²) in [6.07, 6.45) is 3.68. The molecule has 0 saturated heterocycles. The molecule has 0 bridgehead atoms. The van der Waals surface area contributed by atoms with Crippen molar-refractivity contribution in [2.75, 3.05) is 0 Å². The third-order valence-electron chi connectivity index (χ3n) is 0.472. The van der Waals surface area contributed by atoms with Gasteiger partial charge in [0.1, 0.15) is 6.33 Å². The molecule has 1 rings (SSSR count). The van der Waals surface area contributed by atoms with Gasteiger partial charge in [-0.25, -0.2) is 4.98 Å². The predicted octanol–water partition coefficient (Wildman–Crippen LogP) is -0.0328. The normalized spacial score (nSPS) is 7.57. The number of aromatic nitrogens is 2. The molecule has 1 aromatic rings. The molecular formula is C3H4FLiN2. The summed E-state index contributed by atoms with van der Waals surface area (Å²) in [4.78, 5) is 3.80. The SMILES string of the molecule is Fn1ccnc1.[LiH]. The van der Waals surface area contributed by atoms with Gasteiger partial charge in [0.15, 0.2) is 0 Å². The first kappa shape index (κ1) is 6.74. The minimum absolute atomic E-state index is 0. The second kappa shape index (κ2) is 2.84. The number of nitrogens with zero attached hydrogens (tertiary/aromatic N) is 2.